The zero-order chi connectivity index (χ0) is 19.2. The number of nitrogens with zero attached hydrogens (tertiary/aromatic N) is 2. The molecule has 0 spiro atoms. The van der Waals surface area contributed by atoms with Gasteiger partial charge in [-0.05, 0) is 51.0 Å². The molecule has 3 rings (SSSR count). The van der Waals surface area contributed by atoms with Gasteiger partial charge >= 0.3 is 0 Å². The van der Waals surface area contributed by atoms with E-state index < -0.39 is 0 Å². The Bertz CT molecular complexity index is 673. The first-order chi connectivity index (χ1) is 13.1. The van der Waals surface area contributed by atoms with Crippen LogP contribution in [0.4, 0.5) is 5.69 Å². The monoisotopic (exact) mass is 375 g/mol. The quantitative estimate of drug-likeness (QED) is 0.700. The molecule has 2 amide bonds. The van der Waals surface area contributed by atoms with Gasteiger partial charge in [0, 0.05) is 31.3 Å². The molecule has 2 heterocycles. The molecule has 2 saturated heterocycles. The minimum absolute atomic E-state index is 0.0345. The third-order valence-electron chi connectivity index (χ3n) is 5.32. The van der Waals surface area contributed by atoms with E-state index in [2.05, 4.69) is 10.2 Å². The predicted molar refractivity (Wildman–Crippen MR) is 103 cm³/mol. The lowest BCUT2D eigenvalue weighted by Crippen LogP contribution is -2.34. The molecule has 1 aromatic carbocycles. The molecule has 148 valence electrons. The molecule has 1 atom stereocenters. The van der Waals surface area contributed by atoms with Gasteiger partial charge in [-0.3, -0.25) is 9.59 Å². The number of likely N-dealkylation sites (tertiary alicyclic amines) is 1. The van der Waals surface area contributed by atoms with Crippen LogP contribution in [0.1, 0.15) is 25.7 Å². The predicted octanol–water partition coefficient (Wildman–Crippen LogP) is 1.66. The Kier molecular flexibility index (Phi) is 6.55. The summed E-state index contributed by atoms with van der Waals surface area (Å²) in [5.41, 5.74) is 0.724. The Balaban J connectivity index is 1.51. The first kappa shape index (κ1) is 19.5. The van der Waals surface area contributed by atoms with Gasteiger partial charge in [0.1, 0.15) is 0 Å². The molecule has 0 aliphatic carbocycles. The highest BCUT2D eigenvalue weighted by atomic mass is 16.5. The standard InChI is InChI=1S/C20H29N3O4/c1-26-17-7-6-16(13-18(17)27-2)23-14-15(12-19(23)24)20(25)21-8-5-11-22-9-3-4-10-22/h6-7,13,15H,3-5,8-12,14H2,1-2H3,(H,21,25)/t15-/m0/s1. The number of benzene rings is 1. The highest BCUT2D eigenvalue weighted by Crippen LogP contribution is 2.34. The zero-order valence-corrected chi connectivity index (χ0v) is 16.2. The largest absolute Gasteiger partial charge is 0.493 e. The summed E-state index contributed by atoms with van der Waals surface area (Å²) in [6, 6.07) is 5.36. The topological polar surface area (TPSA) is 71.1 Å². The summed E-state index contributed by atoms with van der Waals surface area (Å²) in [6.45, 7) is 4.43. The van der Waals surface area contributed by atoms with Crippen molar-refractivity contribution in [2.45, 2.75) is 25.7 Å². The summed E-state index contributed by atoms with van der Waals surface area (Å²) in [7, 11) is 3.13. The van der Waals surface area contributed by atoms with E-state index in [9.17, 15) is 9.59 Å². The van der Waals surface area contributed by atoms with E-state index in [0.29, 0.717) is 24.6 Å². The van der Waals surface area contributed by atoms with Crippen molar-refractivity contribution in [1.82, 2.24) is 10.2 Å². The minimum Gasteiger partial charge on any atom is -0.493 e. The van der Waals surface area contributed by atoms with Crippen LogP contribution < -0.4 is 19.7 Å². The number of ether oxygens (including phenoxy) is 2. The lowest BCUT2D eigenvalue weighted by Gasteiger charge is -2.19. The van der Waals surface area contributed by atoms with E-state index in [1.54, 1.807) is 31.3 Å². The van der Waals surface area contributed by atoms with Crippen molar-refractivity contribution in [3.05, 3.63) is 18.2 Å². The molecule has 27 heavy (non-hydrogen) atoms. The molecule has 0 radical (unpaired) electrons. The molecule has 2 fully saturated rings. The van der Waals surface area contributed by atoms with Gasteiger partial charge in [0.05, 0.1) is 20.1 Å². The molecule has 1 N–H and O–H groups in total. The van der Waals surface area contributed by atoms with E-state index in [-0.39, 0.29) is 24.2 Å². The molecule has 0 unspecified atom stereocenters. The second kappa shape index (κ2) is 9.08. The number of anilines is 1. The van der Waals surface area contributed by atoms with Crippen LogP contribution in [0.3, 0.4) is 0 Å². The van der Waals surface area contributed by atoms with Gasteiger partial charge in [0.2, 0.25) is 11.8 Å². The van der Waals surface area contributed by atoms with E-state index in [1.165, 1.54) is 25.9 Å². The van der Waals surface area contributed by atoms with Crippen LogP contribution in [0, 0.1) is 5.92 Å². The number of rotatable bonds is 8. The summed E-state index contributed by atoms with van der Waals surface area (Å²) < 4.78 is 10.5. The number of amides is 2. The van der Waals surface area contributed by atoms with Crippen LogP contribution >= 0.6 is 0 Å². The summed E-state index contributed by atoms with van der Waals surface area (Å²) in [5, 5.41) is 2.99. The maximum Gasteiger partial charge on any atom is 0.227 e. The lowest BCUT2D eigenvalue weighted by atomic mass is 10.1. The zero-order valence-electron chi connectivity index (χ0n) is 16.2. The van der Waals surface area contributed by atoms with Crippen LogP contribution in [-0.4, -0.2) is 63.7 Å². The van der Waals surface area contributed by atoms with Crippen molar-refractivity contribution in [2.75, 3.05) is 51.8 Å². The van der Waals surface area contributed by atoms with Crippen LogP contribution in [0.25, 0.3) is 0 Å². The van der Waals surface area contributed by atoms with Gasteiger partial charge in [-0.15, -0.1) is 0 Å². The van der Waals surface area contributed by atoms with Gasteiger partial charge in [0.15, 0.2) is 11.5 Å². The van der Waals surface area contributed by atoms with Crippen molar-refractivity contribution >= 4 is 17.5 Å². The van der Waals surface area contributed by atoms with Gasteiger partial charge < -0.3 is 24.6 Å². The molecular weight excluding hydrogens is 346 g/mol. The molecule has 2 aliphatic heterocycles. The van der Waals surface area contributed by atoms with Gasteiger partial charge in [0.25, 0.3) is 0 Å². The summed E-state index contributed by atoms with van der Waals surface area (Å²) in [5.74, 6) is 0.794. The normalized spacial score (nSPS) is 20.1. The first-order valence-electron chi connectivity index (χ1n) is 9.65. The van der Waals surface area contributed by atoms with Gasteiger partial charge in [-0.2, -0.15) is 0 Å². The third-order valence-corrected chi connectivity index (χ3v) is 5.32. The minimum atomic E-state index is -0.308. The second-order valence-corrected chi connectivity index (χ2v) is 7.14. The average Bonchev–Trinajstić information content (AvgIpc) is 3.34. The van der Waals surface area contributed by atoms with Gasteiger partial charge in [-0.1, -0.05) is 0 Å². The number of carbonyl (C=O) groups is 2. The van der Waals surface area contributed by atoms with Crippen LogP contribution in [0.5, 0.6) is 11.5 Å². The Morgan fingerprint density at radius 1 is 1.19 bits per heavy atom. The number of hydrogen-bond acceptors (Lipinski definition) is 5. The average molecular weight is 375 g/mol. The fourth-order valence-corrected chi connectivity index (χ4v) is 3.79. The van der Waals surface area contributed by atoms with Crippen LogP contribution in [0.2, 0.25) is 0 Å². The SMILES string of the molecule is COc1ccc(N2C[C@@H](C(=O)NCCCN3CCCC3)CC2=O)cc1OC. The molecule has 0 bridgehead atoms. The van der Waals surface area contributed by atoms with E-state index in [1.807, 2.05) is 6.07 Å². The number of nitrogens with one attached hydrogen (secondary N) is 1. The molecular formula is C20H29N3O4. The molecule has 7 heteroatoms. The van der Waals surface area contributed by atoms with Crippen molar-refractivity contribution in [3.8, 4) is 11.5 Å². The van der Waals surface area contributed by atoms with E-state index >= 15 is 0 Å². The maximum absolute atomic E-state index is 12.4. The Hall–Kier alpha value is -2.28. The Morgan fingerprint density at radius 3 is 2.63 bits per heavy atom. The van der Waals surface area contributed by atoms with Crippen LogP contribution in [-0.2, 0) is 9.59 Å². The molecule has 0 saturated carbocycles. The van der Waals surface area contributed by atoms with E-state index in [0.717, 1.165) is 18.7 Å². The van der Waals surface area contributed by atoms with Crippen molar-refractivity contribution in [2.24, 2.45) is 5.92 Å². The third kappa shape index (κ3) is 4.71. The second-order valence-electron chi connectivity index (χ2n) is 7.14. The number of methoxy groups -OCH3 is 2. The van der Waals surface area contributed by atoms with E-state index in [4.69, 9.17) is 9.47 Å². The number of hydrogen-bond donors (Lipinski definition) is 1. The van der Waals surface area contributed by atoms with Crippen molar-refractivity contribution in [1.29, 1.82) is 0 Å². The maximum atomic E-state index is 12.4. The molecule has 2 aliphatic rings. The van der Waals surface area contributed by atoms with Crippen molar-refractivity contribution < 1.29 is 19.1 Å². The molecule has 7 nitrogen and oxygen atoms in total. The summed E-state index contributed by atoms with van der Waals surface area (Å²) in [6.07, 6.45) is 3.75. The molecule has 1 aromatic rings. The fourth-order valence-electron chi connectivity index (χ4n) is 3.79. The van der Waals surface area contributed by atoms with Crippen LogP contribution in [0.15, 0.2) is 18.2 Å². The van der Waals surface area contributed by atoms with Gasteiger partial charge in [-0.25, -0.2) is 0 Å². The smallest absolute Gasteiger partial charge is 0.227 e. The highest BCUT2D eigenvalue weighted by Gasteiger charge is 2.35. The Morgan fingerprint density at radius 2 is 1.93 bits per heavy atom. The summed E-state index contributed by atoms with van der Waals surface area (Å²) in [4.78, 5) is 28.9. The van der Waals surface area contributed by atoms with Crippen molar-refractivity contribution in [3.63, 3.8) is 0 Å². The number of carbonyl (C=O) groups excluding carboxylic acids is 2. The fraction of sp³-hybridized carbons (Fsp3) is 0.600. The molecule has 0 aromatic heterocycles. The highest BCUT2D eigenvalue weighted by molar-refractivity contribution is 6.00. The Labute approximate surface area is 160 Å². The lowest BCUT2D eigenvalue weighted by molar-refractivity contribution is -0.126. The summed E-state index contributed by atoms with van der Waals surface area (Å²) >= 11 is 0. The first-order valence-corrected chi connectivity index (χ1v) is 9.65.